The van der Waals surface area contributed by atoms with Gasteiger partial charge in [-0.1, -0.05) is 18.2 Å². The molecule has 0 saturated heterocycles. The maximum atomic E-state index is 12.1. The molecule has 0 bridgehead atoms. The van der Waals surface area contributed by atoms with E-state index in [-0.39, 0.29) is 12.0 Å². The molecule has 1 aromatic carbocycles. The summed E-state index contributed by atoms with van der Waals surface area (Å²) in [7, 11) is 0. The van der Waals surface area contributed by atoms with Crippen molar-refractivity contribution in [2.45, 2.75) is 31.3 Å². The standard InChI is InChI=1S/C16H17N3O2/c20-16(14-8-13(18-19-14)10-5-6-10)17-9-12-7-11-3-1-2-4-15(11)21-12/h1-4,8,10,12H,5-7,9H2,(H,17,20)(H,18,19)/t12-/m0/s1. The number of fused-ring (bicyclic) bond motifs is 1. The highest BCUT2D eigenvalue weighted by atomic mass is 16.5. The highest BCUT2D eigenvalue weighted by Gasteiger charge is 2.27. The van der Waals surface area contributed by atoms with Crippen LogP contribution in [0.3, 0.4) is 0 Å². The molecule has 1 aliphatic heterocycles. The van der Waals surface area contributed by atoms with Gasteiger partial charge < -0.3 is 10.1 Å². The Bertz CT molecular complexity index is 651. The van der Waals surface area contributed by atoms with Gasteiger partial charge in [0.25, 0.3) is 5.91 Å². The number of nitrogens with one attached hydrogen (secondary N) is 2. The van der Waals surface area contributed by atoms with E-state index in [0.717, 1.165) is 17.9 Å². The van der Waals surface area contributed by atoms with Crippen molar-refractivity contribution in [2.24, 2.45) is 0 Å². The maximum absolute atomic E-state index is 12.1. The molecule has 4 rings (SSSR count). The van der Waals surface area contributed by atoms with E-state index in [4.69, 9.17) is 4.74 Å². The lowest BCUT2D eigenvalue weighted by Crippen LogP contribution is -2.34. The molecule has 0 spiro atoms. The van der Waals surface area contributed by atoms with E-state index in [1.165, 1.54) is 18.4 Å². The van der Waals surface area contributed by atoms with E-state index in [0.29, 0.717) is 18.2 Å². The molecule has 2 N–H and O–H groups in total. The summed E-state index contributed by atoms with van der Waals surface area (Å²) in [5.41, 5.74) is 2.74. The number of aromatic nitrogens is 2. The summed E-state index contributed by atoms with van der Waals surface area (Å²) < 4.78 is 5.80. The topological polar surface area (TPSA) is 67.0 Å². The number of hydrogen-bond acceptors (Lipinski definition) is 3. The van der Waals surface area contributed by atoms with Gasteiger partial charge in [0, 0.05) is 18.0 Å². The first kappa shape index (κ1) is 12.4. The van der Waals surface area contributed by atoms with Crippen molar-refractivity contribution >= 4 is 5.91 Å². The second kappa shape index (κ2) is 4.91. The van der Waals surface area contributed by atoms with E-state index in [9.17, 15) is 4.79 Å². The van der Waals surface area contributed by atoms with E-state index >= 15 is 0 Å². The van der Waals surface area contributed by atoms with E-state index < -0.39 is 0 Å². The van der Waals surface area contributed by atoms with Gasteiger partial charge in [-0.05, 0) is 30.5 Å². The quantitative estimate of drug-likeness (QED) is 0.902. The normalized spacial score (nSPS) is 19.9. The SMILES string of the molecule is O=C(NC[C@@H]1Cc2ccccc2O1)c1cc(C2CC2)[nH]n1. The molecule has 1 fully saturated rings. The number of para-hydroxylation sites is 1. The van der Waals surface area contributed by atoms with Crippen LogP contribution >= 0.6 is 0 Å². The van der Waals surface area contributed by atoms with E-state index in [1.54, 1.807) is 0 Å². The Balaban J connectivity index is 1.33. The smallest absolute Gasteiger partial charge is 0.271 e. The van der Waals surface area contributed by atoms with Gasteiger partial charge >= 0.3 is 0 Å². The number of amides is 1. The lowest BCUT2D eigenvalue weighted by Gasteiger charge is -2.10. The van der Waals surface area contributed by atoms with E-state index in [2.05, 4.69) is 21.6 Å². The molecule has 1 aliphatic carbocycles. The highest BCUT2D eigenvalue weighted by molar-refractivity contribution is 5.92. The van der Waals surface area contributed by atoms with Gasteiger partial charge in [-0.15, -0.1) is 0 Å². The molecule has 2 heterocycles. The molecule has 2 aliphatic rings. The molecule has 108 valence electrons. The molecule has 5 heteroatoms. The summed E-state index contributed by atoms with van der Waals surface area (Å²) in [6, 6.07) is 9.85. The first-order valence-corrected chi connectivity index (χ1v) is 7.37. The van der Waals surface area contributed by atoms with Crippen LogP contribution < -0.4 is 10.1 Å². The van der Waals surface area contributed by atoms with Gasteiger partial charge in [-0.25, -0.2) is 0 Å². The Kier molecular flexibility index (Phi) is 2.91. The number of aromatic amines is 1. The summed E-state index contributed by atoms with van der Waals surface area (Å²) in [5.74, 6) is 1.36. The molecule has 1 saturated carbocycles. The molecule has 21 heavy (non-hydrogen) atoms. The van der Waals surface area contributed by atoms with Gasteiger partial charge in [0.1, 0.15) is 17.5 Å². The predicted molar refractivity (Wildman–Crippen MR) is 77.5 cm³/mol. The lowest BCUT2D eigenvalue weighted by molar-refractivity contribution is 0.0928. The molecule has 1 aromatic heterocycles. The second-order valence-electron chi connectivity index (χ2n) is 5.74. The van der Waals surface area contributed by atoms with Gasteiger partial charge in [0.05, 0.1) is 6.54 Å². The summed E-state index contributed by atoms with van der Waals surface area (Å²) in [6.45, 7) is 0.499. The van der Waals surface area contributed by atoms with Crippen LogP contribution in [0.5, 0.6) is 5.75 Å². The minimum atomic E-state index is -0.141. The molecule has 1 atom stereocenters. The first-order valence-electron chi connectivity index (χ1n) is 7.37. The van der Waals surface area contributed by atoms with Crippen molar-refractivity contribution in [3.05, 3.63) is 47.3 Å². The summed E-state index contributed by atoms with van der Waals surface area (Å²) >= 11 is 0. The van der Waals surface area contributed by atoms with Crippen molar-refractivity contribution < 1.29 is 9.53 Å². The van der Waals surface area contributed by atoms with Crippen molar-refractivity contribution in [2.75, 3.05) is 6.54 Å². The Morgan fingerprint density at radius 3 is 3.05 bits per heavy atom. The molecule has 0 radical (unpaired) electrons. The van der Waals surface area contributed by atoms with Gasteiger partial charge in [0.2, 0.25) is 0 Å². The number of carbonyl (C=O) groups is 1. The monoisotopic (exact) mass is 283 g/mol. The molecule has 1 amide bonds. The van der Waals surface area contributed by atoms with Crippen LogP contribution in [0.1, 0.15) is 40.5 Å². The molecule has 2 aromatic rings. The van der Waals surface area contributed by atoms with Crippen LogP contribution in [-0.2, 0) is 6.42 Å². The van der Waals surface area contributed by atoms with Gasteiger partial charge in [0.15, 0.2) is 0 Å². The molecule has 0 unspecified atom stereocenters. The fourth-order valence-corrected chi connectivity index (χ4v) is 2.72. The number of H-pyrrole nitrogens is 1. The minimum absolute atomic E-state index is 0.00759. The van der Waals surface area contributed by atoms with Crippen molar-refractivity contribution in [3.63, 3.8) is 0 Å². The average molecular weight is 283 g/mol. The largest absolute Gasteiger partial charge is 0.488 e. The number of benzene rings is 1. The van der Waals surface area contributed by atoms with Crippen LogP contribution in [0, 0.1) is 0 Å². The molecule has 5 nitrogen and oxygen atoms in total. The first-order chi connectivity index (χ1) is 10.3. The number of nitrogens with zero attached hydrogens (tertiary/aromatic N) is 1. The van der Waals surface area contributed by atoms with Gasteiger partial charge in [-0.2, -0.15) is 5.10 Å². The maximum Gasteiger partial charge on any atom is 0.271 e. The van der Waals surface area contributed by atoms with Crippen LogP contribution in [0.4, 0.5) is 0 Å². The molecular weight excluding hydrogens is 266 g/mol. The third-order valence-corrected chi connectivity index (χ3v) is 4.05. The Labute approximate surface area is 122 Å². The molecular formula is C16H17N3O2. The minimum Gasteiger partial charge on any atom is -0.488 e. The van der Waals surface area contributed by atoms with E-state index in [1.807, 2.05) is 24.3 Å². The third kappa shape index (κ3) is 2.51. The number of hydrogen-bond donors (Lipinski definition) is 2. The van der Waals surface area contributed by atoms with Crippen LogP contribution in [0.25, 0.3) is 0 Å². The highest BCUT2D eigenvalue weighted by Crippen LogP contribution is 2.39. The lowest BCUT2D eigenvalue weighted by atomic mass is 10.1. The van der Waals surface area contributed by atoms with Crippen LogP contribution in [-0.4, -0.2) is 28.8 Å². The zero-order valence-electron chi connectivity index (χ0n) is 11.6. The van der Waals surface area contributed by atoms with Crippen molar-refractivity contribution in [1.29, 1.82) is 0 Å². The summed E-state index contributed by atoms with van der Waals surface area (Å²) in [6.07, 6.45) is 3.23. The van der Waals surface area contributed by atoms with Crippen LogP contribution in [0.15, 0.2) is 30.3 Å². The number of ether oxygens (including phenoxy) is 1. The number of carbonyl (C=O) groups excluding carboxylic acids is 1. The van der Waals surface area contributed by atoms with Crippen molar-refractivity contribution in [3.8, 4) is 5.75 Å². The van der Waals surface area contributed by atoms with Crippen LogP contribution in [0.2, 0.25) is 0 Å². The summed E-state index contributed by atoms with van der Waals surface area (Å²) in [4.78, 5) is 12.1. The van der Waals surface area contributed by atoms with Gasteiger partial charge in [-0.3, -0.25) is 9.89 Å². The number of rotatable bonds is 4. The Morgan fingerprint density at radius 1 is 1.38 bits per heavy atom. The fraction of sp³-hybridized carbons (Fsp3) is 0.375. The average Bonchev–Trinajstić information content (AvgIpc) is 3.09. The second-order valence-corrected chi connectivity index (χ2v) is 5.74. The third-order valence-electron chi connectivity index (χ3n) is 4.05. The zero-order valence-corrected chi connectivity index (χ0v) is 11.6. The zero-order chi connectivity index (χ0) is 14.2. The van der Waals surface area contributed by atoms with Crippen molar-refractivity contribution in [1.82, 2.24) is 15.5 Å². The summed E-state index contributed by atoms with van der Waals surface area (Å²) in [5, 5.41) is 9.93. The predicted octanol–water partition coefficient (Wildman–Crippen LogP) is 2.02. The fourth-order valence-electron chi connectivity index (χ4n) is 2.72. The Hall–Kier alpha value is -2.30. The Morgan fingerprint density at radius 2 is 2.24 bits per heavy atom.